The molecule has 1 unspecified atom stereocenters. The van der Waals surface area contributed by atoms with E-state index in [2.05, 4.69) is 230 Å². The van der Waals surface area contributed by atoms with Crippen molar-refractivity contribution in [3.63, 3.8) is 0 Å². The molecular formula is C77H127N. The van der Waals surface area contributed by atoms with Gasteiger partial charge in [0.2, 0.25) is 0 Å². The Kier molecular flexibility index (Phi) is 40.5. The van der Waals surface area contributed by atoms with Crippen LogP contribution in [0.3, 0.4) is 0 Å². The summed E-state index contributed by atoms with van der Waals surface area (Å²) in [4.78, 5) is 0. The van der Waals surface area contributed by atoms with E-state index < -0.39 is 0 Å². The van der Waals surface area contributed by atoms with Crippen LogP contribution in [0, 0.1) is 25.2 Å². The molecular weight excluding hydrogens is 939 g/mol. The van der Waals surface area contributed by atoms with Gasteiger partial charge < -0.3 is 5.73 Å². The minimum atomic E-state index is 0.131. The van der Waals surface area contributed by atoms with Crippen LogP contribution in [0.15, 0.2) is 96.1 Å². The monoisotopic (exact) mass is 1070 g/mol. The van der Waals surface area contributed by atoms with Crippen molar-refractivity contribution in [3.8, 4) is 11.1 Å². The normalized spacial score (nSPS) is 12.9. The Hall–Kier alpha value is -4.10. The molecule has 0 radical (unpaired) electrons. The third kappa shape index (κ3) is 30.5. The number of hydrogen-bond acceptors (Lipinski definition) is 1. The Bertz CT molecular complexity index is 2230. The summed E-state index contributed by atoms with van der Waals surface area (Å²) in [6, 6.07) is 18.2. The van der Waals surface area contributed by atoms with E-state index in [1.54, 1.807) is 0 Å². The van der Waals surface area contributed by atoms with Crippen LogP contribution in [0.4, 0.5) is 0 Å². The van der Waals surface area contributed by atoms with Crippen LogP contribution in [-0.2, 0) is 11.8 Å². The van der Waals surface area contributed by atoms with E-state index in [1.807, 2.05) is 0 Å². The first-order chi connectivity index (χ1) is 37.1. The highest BCUT2D eigenvalue weighted by Gasteiger charge is 2.18. The number of rotatable bonds is 30. The van der Waals surface area contributed by atoms with Gasteiger partial charge in [-0.05, 0) is 144 Å². The van der Waals surface area contributed by atoms with Gasteiger partial charge >= 0.3 is 0 Å². The van der Waals surface area contributed by atoms with Crippen molar-refractivity contribution in [2.45, 2.75) is 298 Å². The van der Waals surface area contributed by atoms with Gasteiger partial charge in [0, 0.05) is 11.3 Å². The number of benzene rings is 3. The van der Waals surface area contributed by atoms with Crippen LogP contribution in [0.1, 0.15) is 317 Å². The fourth-order valence-electron chi connectivity index (χ4n) is 9.38. The second-order valence-electron chi connectivity index (χ2n) is 25.1. The molecule has 3 aromatic carbocycles. The van der Waals surface area contributed by atoms with Crippen molar-refractivity contribution in [2.75, 3.05) is 0 Å². The zero-order valence-electron chi connectivity index (χ0n) is 55.4. The molecule has 0 aromatic heterocycles. The first-order valence-electron chi connectivity index (χ1n) is 32.3. The molecule has 0 spiro atoms. The number of hydrogen-bond donors (Lipinski definition) is 1. The lowest BCUT2D eigenvalue weighted by molar-refractivity contribution is 0.472. The lowest BCUT2D eigenvalue weighted by atomic mass is 9.84. The van der Waals surface area contributed by atoms with Crippen molar-refractivity contribution >= 4 is 23.4 Å². The van der Waals surface area contributed by atoms with Gasteiger partial charge in [-0.2, -0.15) is 0 Å². The van der Waals surface area contributed by atoms with Crippen molar-refractivity contribution < 1.29 is 0 Å². The molecule has 78 heavy (non-hydrogen) atoms. The second-order valence-corrected chi connectivity index (χ2v) is 25.1. The molecule has 0 amide bonds. The fraction of sp³-hybridized carbons (Fsp3) is 0.610. The largest absolute Gasteiger partial charge is 0.398 e. The molecule has 3 aromatic rings. The van der Waals surface area contributed by atoms with Crippen molar-refractivity contribution in [1.29, 1.82) is 0 Å². The average Bonchev–Trinajstić information content (AvgIpc) is 3.39. The predicted octanol–water partition coefficient (Wildman–Crippen LogP) is 25.9. The topological polar surface area (TPSA) is 26.0 Å². The van der Waals surface area contributed by atoms with Crippen LogP contribution in [-0.4, -0.2) is 0 Å². The minimum Gasteiger partial charge on any atom is -0.398 e. The van der Waals surface area contributed by atoms with Crippen molar-refractivity contribution in [2.24, 2.45) is 17.1 Å². The molecule has 440 valence electrons. The van der Waals surface area contributed by atoms with E-state index in [9.17, 15) is 0 Å². The fourth-order valence-corrected chi connectivity index (χ4v) is 9.38. The van der Waals surface area contributed by atoms with Crippen LogP contribution >= 0.6 is 0 Å². The molecule has 1 atom stereocenters. The van der Waals surface area contributed by atoms with Gasteiger partial charge in [-0.3, -0.25) is 0 Å². The average molecular weight is 1070 g/mol. The van der Waals surface area contributed by atoms with E-state index in [0.717, 1.165) is 55.7 Å². The highest BCUT2D eigenvalue weighted by molar-refractivity contribution is 5.82. The summed E-state index contributed by atoms with van der Waals surface area (Å²) in [6.07, 6.45) is 44.9. The number of allylic oxidation sites excluding steroid dienone is 8. The molecule has 0 fully saturated rings. The Morgan fingerprint density at radius 2 is 1.08 bits per heavy atom. The summed E-state index contributed by atoms with van der Waals surface area (Å²) in [5.41, 5.74) is 26.1. The molecule has 0 bridgehead atoms. The Morgan fingerprint density at radius 3 is 1.56 bits per heavy atom. The maximum atomic E-state index is 7.00. The maximum Gasteiger partial charge on any atom is 0.0390 e. The molecule has 0 aliphatic carbocycles. The standard InChI is InChI=1S/C53H73N.C12H26.C9H20.C3H8/c1-15-18-22-37(4)43(24-19-16-2)36-50-45(38(5)26-27-41(8)52(9,10)11)32-33-49(48(50)21-17-3)51(54)25-20-23-42-28-30-46(39(6)34-42)47-31-29-44(35-40(47)7)53(12,13)14;1-4-6-7-8-9-10-11-12(3)5-2;1-3-5-7-9-8-6-4-2;1-3-2/h20,23,25-36H,4,15-19,21-22,24,54H2,1-3,5-14H3;12H,4-11H2,1-3H3;3-9H2,1-2H3;3H2,1-2H3/b23-20+,38-26+,41-27+,43-36-,51-25-;;;. The molecule has 0 aliphatic rings. The van der Waals surface area contributed by atoms with Gasteiger partial charge in [0.05, 0.1) is 0 Å². The Labute approximate surface area is 487 Å². The highest BCUT2D eigenvalue weighted by Crippen LogP contribution is 2.36. The first-order valence-corrected chi connectivity index (χ1v) is 32.3. The summed E-state index contributed by atoms with van der Waals surface area (Å²) in [5.74, 6) is 0.955. The third-order valence-corrected chi connectivity index (χ3v) is 15.4. The van der Waals surface area contributed by atoms with Crippen LogP contribution in [0.5, 0.6) is 0 Å². The molecule has 0 aliphatic heterocycles. The Balaban J connectivity index is 0.00000203. The van der Waals surface area contributed by atoms with E-state index in [0.29, 0.717) is 0 Å². The number of nitrogens with two attached hydrogens (primary N) is 1. The lowest BCUT2D eigenvalue weighted by Gasteiger charge is -2.21. The van der Waals surface area contributed by atoms with Gasteiger partial charge in [-0.1, -0.05) is 329 Å². The van der Waals surface area contributed by atoms with Crippen LogP contribution in [0.25, 0.3) is 34.5 Å². The zero-order chi connectivity index (χ0) is 59.1. The maximum absolute atomic E-state index is 7.00. The number of unbranched alkanes of at least 4 members (excludes halogenated alkanes) is 13. The molecule has 0 saturated carbocycles. The second kappa shape index (κ2) is 42.7. The summed E-state index contributed by atoms with van der Waals surface area (Å²) in [7, 11) is 0. The molecule has 3 rings (SSSR count). The van der Waals surface area contributed by atoms with Crippen LogP contribution in [0.2, 0.25) is 0 Å². The predicted molar refractivity (Wildman–Crippen MR) is 362 cm³/mol. The molecule has 0 saturated heterocycles. The van der Waals surface area contributed by atoms with Gasteiger partial charge in [0.1, 0.15) is 0 Å². The van der Waals surface area contributed by atoms with E-state index in [4.69, 9.17) is 5.73 Å². The van der Waals surface area contributed by atoms with Crippen molar-refractivity contribution in [1.82, 2.24) is 0 Å². The van der Waals surface area contributed by atoms with Gasteiger partial charge in [-0.25, -0.2) is 0 Å². The summed E-state index contributed by atoms with van der Waals surface area (Å²) in [6.45, 7) is 49.7. The van der Waals surface area contributed by atoms with Gasteiger partial charge in [-0.15, -0.1) is 0 Å². The van der Waals surface area contributed by atoms with Crippen molar-refractivity contribution in [3.05, 3.63) is 141 Å². The van der Waals surface area contributed by atoms with Gasteiger partial charge in [0.25, 0.3) is 0 Å². The molecule has 1 heteroatoms. The molecule has 1 nitrogen and oxygen atoms in total. The summed E-state index contributed by atoms with van der Waals surface area (Å²) < 4.78 is 0. The highest BCUT2D eigenvalue weighted by atomic mass is 14.6. The molecule has 2 N–H and O–H groups in total. The lowest BCUT2D eigenvalue weighted by Crippen LogP contribution is -2.11. The Morgan fingerprint density at radius 1 is 0.577 bits per heavy atom. The zero-order valence-corrected chi connectivity index (χ0v) is 55.4. The summed E-state index contributed by atoms with van der Waals surface area (Å²) in [5, 5.41) is 0. The number of aryl methyl sites for hydroxylation is 2. The summed E-state index contributed by atoms with van der Waals surface area (Å²) >= 11 is 0. The van der Waals surface area contributed by atoms with E-state index in [1.165, 1.54) is 188 Å². The van der Waals surface area contributed by atoms with Gasteiger partial charge in [0.15, 0.2) is 0 Å². The van der Waals surface area contributed by atoms with E-state index in [-0.39, 0.29) is 10.8 Å². The first kappa shape index (κ1) is 73.9. The third-order valence-electron chi connectivity index (χ3n) is 15.4. The quantitative estimate of drug-likeness (QED) is 0.0523. The SMILES string of the molecule is C=C(CCCC)/C(=C\c1c(/C(C)=C/C=C(\C)C(C)(C)C)ccc(/C(N)=C/C=C/c2ccc(-c3ccc(C(C)(C)C)cc3C)c(C)c2)c1CCC)CCCC.CCC.CCCCCCCCC.CCCCCCCCC(C)CC. The van der Waals surface area contributed by atoms with Crippen LogP contribution < -0.4 is 5.73 Å². The van der Waals surface area contributed by atoms with E-state index >= 15 is 0 Å². The molecule has 0 heterocycles. The smallest absolute Gasteiger partial charge is 0.0390 e. The minimum absolute atomic E-state index is 0.131.